The van der Waals surface area contributed by atoms with Crippen molar-refractivity contribution in [2.24, 2.45) is 0 Å². The monoisotopic (exact) mass is 447 g/mol. The topological polar surface area (TPSA) is 71.0 Å². The number of carbonyl (C=O) groups is 1. The lowest BCUT2D eigenvalue weighted by Crippen LogP contribution is -2.49. The first-order valence-electron chi connectivity index (χ1n) is 11.5. The number of aromatic nitrogens is 2. The summed E-state index contributed by atoms with van der Waals surface area (Å²) in [4.78, 5) is 28.0. The fourth-order valence-corrected chi connectivity index (χ4v) is 4.56. The van der Waals surface area contributed by atoms with Gasteiger partial charge in [0.2, 0.25) is 5.88 Å². The molecule has 2 aliphatic heterocycles. The first kappa shape index (κ1) is 21.5. The molecule has 2 fully saturated rings. The lowest BCUT2D eigenvalue weighted by atomic mass is 10.1. The predicted octanol–water partition coefficient (Wildman–Crippen LogP) is 3.35. The molecule has 1 aromatic carbocycles. The van der Waals surface area contributed by atoms with E-state index in [0.29, 0.717) is 12.4 Å². The zero-order valence-corrected chi connectivity index (χ0v) is 19.1. The van der Waals surface area contributed by atoms with Gasteiger partial charge in [0, 0.05) is 50.7 Å². The van der Waals surface area contributed by atoms with Crippen molar-refractivity contribution in [3.05, 3.63) is 54.2 Å². The number of fused-ring (bicyclic) bond motifs is 1. The molecule has 1 atom stereocenters. The van der Waals surface area contributed by atoms with Crippen LogP contribution in [0.25, 0.3) is 11.0 Å². The van der Waals surface area contributed by atoms with Crippen LogP contribution in [0.1, 0.15) is 12.5 Å². The number of amides is 1. The summed E-state index contributed by atoms with van der Waals surface area (Å²) in [6.45, 7) is 7.00. The van der Waals surface area contributed by atoms with Gasteiger partial charge >= 0.3 is 6.09 Å². The first-order valence-corrected chi connectivity index (χ1v) is 11.5. The highest BCUT2D eigenvalue weighted by atomic mass is 16.6. The van der Waals surface area contributed by atoms with Gasteiger partial charge in [-0.25, -0.2) is 9.78 Å². The number of hydrogen-bond acceptors (Lipinski definition) is 7. The van der Waals surface area contributed by atoms with Crippen LogP contribution in [0.3, 0.4) is 0 Å². The third-order valence-electron chi connectivity index (χ3n) is 6.45. The molecule has 8 heteroatoms. The number of rotatable bonds is 6. The van der Waals surface area contributed by atoms with Crippen LogP contribution in [0.15, 0.2) is 48.7 Å². The Morgan fingerprint density at radius 3 is 2.58 bits per heavy atom. The van der Waals surface area contributed by atoms with Crippen LogP contribution in [0.2, 0.25) is 0 Å². The van der Waals surface area contributed by atoms with E-state index in [2.05, 4.69) is 38.8 Å². The molecule has 1 unspecified atom stereocenters. The molecule has 0 radical (unpaired) electrons. The van der Waals surface area contributed by atoms with Crippen molar-refractivity contribution < 1.29 is 14.3 Å². The van der Waals surface area contributed by atoms with E-state index in [1.54, 1.807) is 12.0 Å². The van der Waals surface area contributed by atoms with Crippen LogP contribution in [-0.2, 0) is 11.2 Å². The number of cyclic esters (lactones) is 1. The Hall–Kier alpha value is -3.39. The maximum atomic E-state index is 12.4. The number of benzene rings is 1. The van der Waals surface area contributed by atoms with Crippen molar-refractivity contribution in [2.45, 2.75) is 19.4 Å². The van der Waals surface area contributed by atoms with E-state index < -0.39 is 0 Å². The van der Waals surface area contributed by atoms with Crippen LogP contribution < -0.4 is 14.5 Å². The number of hydrogen-bond donors (Lipinski definition) is 0. The second-order valence-corrected chi connectivity index (χ2v) is 8.48. The van der Waals surface area contributed by atoms with Gasteiger partial charge in [0.25, 0.3) is 0 Å². The fourth-order valence-electron chi connectivity index (χ4n) is 4.56. The maximum absolute atomic E-state index is 12.4. The molecule has 3 aromatic rings. The number of piperazine rings is 1. The minimum atomic E-state index is -0.258. The standard InChI is InChI=1S/C25H29N5O3/c1-3-18-4-6-19(7-5-18)30-17-20(33-25(30)31)16-28-12-14-29(15-13-28)22-10-11-26-21-8-9-23(32-2)27-24(21)22/h4-11,20H,3,12-17H2,1-2H3. The summed E-state index contributed by atoms with van der Waals surface area (Å²) in [5, 5.41) is 0. The summed E-state index contributed by atoms with van der Waals surface area (Å²) in [5.41, 5.74) is 4.96. The van der Waals surface area contributed by atoms with E-state index >= 15 is 0 Å². The van der Waals surface area contributed by atoms with Gasteiger partial charge in [0.15, 0.2) is 0 Å². The largest absolute Gasteiger partial charge is 0.481 e. The van der Waals surface area contributed by atoms with Gasteiger partial charge in [-0.05, 0) is 36.2 Å². The molecule has 0 spiro atoms. The Kier molecular flexibility index (Phi) is 6.00. The van der Waals surface area contributed by atoms with Gasteiger partial charge in [-0.2, -0.15) is 0 Å². The van der Waals surface area contributed by atoms with Gasteiger partial charge in [-0.15, -0.1) is 0 Å². The number of nitrogens with zero attached hydrogens (tertiary/aromatic N) is 5. The van der Waals surface area contributed by atoms with E-state index in [9.17, 15) is 4.79 Å². The van der Waals surface area contributed by atoms with Crippen molar-refractivity contribution in [3.63, 3.8) is 0 Å². The minimum Gasteiger partial charge on any atom is -0.481 e. The maximum Gasteiger partial charge on any atom is 0.414 e. The van der Waals surface area contributed by atoms with E-state index in [0.717, 1.165) is 61.6 Å². The minimum absolute atomic E-state index is 0.123. The van der Waals surface area contributed by atoms with Gasteiger partial charge in [0.05, 0.1) is 24.9 Å². The smallest absolute Gasteiger partial charge is 0.414 e. The van der Waals surface area contributed by atoms with E-state index in [4.69, 9.17) is 9.47 Å². The van der Waals surface area contributed by atoms with Gasteiger partial charge in [0.1, 0.15) is 11.6 Å². The highest BCUT2D eigenvalue weighted by Gasteiger charge is 2.34. The Morgan fingerprint density at radius 1 is 1.06 bits per heavy atom. The Labute approximate surface area is 193 Å². The molecule has 8 nitrogen and oxygen atoms in total. The van der Waals surface area contributed by atoms with Crippen LogP contribution in [0.5, 0.6) is 5.88 Å². The predicted molar refractivity (Wildman–Crippen MR) is 128 cm³/mol. The van der Waals surface area contributed by atoms with Crippen LogP contribution in [0, 0.1) is 0 Å². The zero-order valence-electron chi connectivity index (χ0n) is 19.1. The quantitative estimate of drug-likeness (QED) is 0.574. The molecule has 33 heavy (non-hydrogen) atoms. The second-order valence-electron chi connectivity index (χ2n) is 8.48. The number of carbonyl (C=O) groups excluding carboxylic acids is 1. The molecule has 0 N–H and O–H groups in total. The molecule has 2 aromatic heterocycles. The first-order chi connectivity index (χ1) is 16.1. The molecule has 0 saturated carbocycles. The molecule has 5 rings (SSSR count). The third kappa shape index (κ3) is 4.43. The van der Waals surface area contributed by atoms with E-state index in [1.807, 2.05) is 36.5 Å². The molecular weight excluding hydrogens is 418 g/mol. The van der Waals surface area contributed by atoms with E-state index in [-0.39, 0.29) is 12.2 Å². The second kappa shape index (κ2) is 9.23. The average molecular weight is 448 g/mol. The average Bonchev–Trinajstić information content (AvgIpc) is 3.23. The molecule has 2 saturated heterocycles. The fraction of sp³-hybridized carbons (Fsp3) is 0.400. The van der Waals surface area contributed by atoms with Crippen molar-refractivity contribution in [3.8, 4) is 5.88 Å². The van der Waals surface area contributed by atoms with Crippen LogP contribution in [0.4, 0.5) is 16.2 Å². The SMILES string of the molecule is CCc1ccc(N2CC(CN3CCN(c4ccnc5ccc(OC)nc45)CC3)OC2=O)cc1. The summed E-state index contributed by atoms with van der Waals surface area (Å²) >= 11 is 0. The lowest BCUT2D eigenvalue weighted by Gasteiger charge is -2.36. The number of ether oxygens (including phenoxy) is 2. The third-order valence-corrected chi connectivity index (χ3v) is 6.45. The molecule has 1 amide bonds. The van der Waals surface area contributed by atoms with Gasteiger partial charge < -0.3 is 14.4 Å². The molecule has 0 aliphatic carbocycles. The van der Waals surface area contributed by atoms with E-state index in [1.165, 1.54) is 5.56 Å². The summed E-state index contributed by atoms with van der Waals surface area (Å²) in [5.74, 6) is 0.590. The molecular formula is C25H29N5O3. The number of methoxy groups -OCH3 is 1. The lowest BCUT2D eigenvalue weighted by molar-refractivity contribution is 0.106. The highest BCUT2D eigenvalue weighted by Crippen LogP contribution is 2.27. The summed E-state index contributed by atoms with van der Waals surface area (Å²) in [6.07, 6.45) is 2.43. The molecule has 2 aliphatic rings. The number of aryl methyl sites for hydroxylation is 1. The molecule has 0 bridgehead atoms. The number of anilines is 2. The van der Waals surface area contributed by atoms with Crippen molar-refractivity contribution in [1.82, 2.24) is 14.9 Å². The Morgan fingerprint density at radius 2 is 1.85 bits per heavy atom. The summed E-state index contributed by atoms with van der Waals surface area (Å²) < 4.78 is 11.0. The van der Waals surface area contributed by atoms with Crippen molar-refractivity contribution in [2.75, 3.05) is 56.2 Å². The Balaban J connectivity index is 1.20. The highest BCUT2D eigenvalue weighted by molar-refractivity contribution is 5.90. The van der Waals surface area contributed by atoms with Gasteiger partial charge in [-0.3, -0.25) is 14.8 Å². The van der Waals surface area contributed by atoms with Crippen molar-refractivity contribution >= 4 is 28.5 Å². The molecule has 4 heterocycles. The number of pyridine rings is 2. The van der Waals surface area contributed by atoms with Crippen LogP contribution in [-0.4, -0.2) is 73.4 Å². The normalized spacial score (nSPS) is 19.2. The van der Waals surface area contributed by atoms with Crippen molar-refractivity contribution in [1.29, 1.82) is 0 Å². The molecule has 172 valence electrons. The summed E-state index contributed by atoms with van der Waals surface area (Å²) in [6, 6.07) is 13.9. The Bertz CT molecular complexity index is 1130. The summed E-state index contributed by atoms with van der Waals surface area (Å²) in [7, 11) is 1.63. The zero-order chi connectivity index (χ0) is 22.8. The van der Waals surface area contributed by atoms with Crippen LogP contribution >= 0.6 is 0 Å². The van der Waals surface area contributed by atoms with Gasteiger partial charge in [-0.1, -0.05) is 19.1 Å².